The molecule has 0 radical (unpaired) electrons. The number of hydrogen-bond acceptors (Lipinski definition) is 2. The summed E-state index contributed by atoms with van der Waals surface area (Å²) in [5, 5.41) is 0. The topological polar surface area (TPSA) is 43.1 Å². The fourth-order valence-corrected chi connectivity index (χ4v) is 1.13. The van der Waals surface area contributed by atoms with E-state index >= 15 is 0 Å². The lowest BCUT2D eigenvalue weighted by Gasteiger charge is -2.16. The lowest BCUT2D eigenvalue weighted by Crippen LogP contribution is -2.42. The molecule has 82 valence electrons. The van der Waals surface area contributed by atoms with E-state index in [0.717, 1.165) is 18.2 Å². The predicted molar refractivity (Wildman–Crippen MR) is 53.3 cm³/mol. The van der Waals surface area contributed by atoms with Crippen LogP contribution in [0.15, 0.2) is 18.2 Å². The van der Waals surface area contributed by atoms with Gasteiger partial charge in [0.2, 0.25) is 0 Å². The number of carbonyl (C=O) groups excluding carboxylic acids is 1. The first kappa shape index (κ1) is 11.8. The normalized spacial score (nSPS) is 11.5. The van der Waals surface area contributed by atoms with Gasteiger partial charge < -0.3 is 5.73 Å². The van der Waals surface area contributed by atoms with E-state index < -0.39 is 17.2 Å². The van der Waals surface area contributed by atoms with E-state index in [-0.39, 0.29) is 12.2 Å². The van der Waals surface area contributed by atoms with Crippen LogP contribution in [0.1, 0.15) is 19.4 Å². The number of halogens is 2. The highest BCUT2D eigenvalue weighted by atomic mass is 19.1. The fourth-order valence-electron chi connectivity index (χ4n) is 1.13. The molecule has 0 heterocycles. The summed E-state index contributed by atoms with van der Waals surface area (Å²) in [4.78, 5) is 11.5. The first-order chi connectivity index (χ1) is 6.79. The highest BCUT2D eigenvalue weighted by Gasteiger charge is 2.21. The van der Waals surface area contributed by atoms with Crippen LogP contribution in [0.3, 0.4) is 0 Å². The summed E-state index contributed by atoms with van der Waals surface area (Å²) in [7, 11) is 0. The van der Waals surface area contributed by atoms with Crippen molar-refractivity contribution >= 4 is 5.78 Å². The van der Waals surface area contributed by atoms with Crippen molar-refractivity contribution in [3.05, 3.63) is 35.4 Å². The molecule has 15 heavy (non-hydrogen) atoms. The van der Waals surface area contributed by atoms with Gasteiger partial charge in [-0.05, 0) is 31.5 Å². The third kappa shape index (κ3) is 3.40. The van der Waals surface area contributed by atoms with Crippen molar-refractivity contribution in [1.29, 1.82) is 0 Å². The summed E-state index contributed by atoms with van der Waals surface area (Å²) in [5.41, 5.74) is 4.88. The monoisotopic (exact) mass is 213 g/mol. The van der Waals surface area contributed by atoms with Crippen molar-refractivity contribution in [3.63, 3.8) is 0 Å². The zero-order valence-electron chi connectivity index (χ0n) is 8.68. The number of Topliss-reactive ketones (excluding diaryl/α,β-unsaturated/α-hetero) is 1. The Morgan fingerprint density at radius 1 is 1.27 bits per heavy atom. The quantitative estimate of drug-likeness (QED) is 0.832. The van der Waals surface area contributed by atoms with E-state index in [1.807, 2.05) is 0 Å². The lowest BCUT2D eigenvalue weighted by atomic mass is 9.95. The van der Waals surface area contributed by atoms with Crippen LogP contribution in [0.2, 0.25) is 0 Å². The van der Waals surface area contributed by atoms with E-state index in [4.69, 9.17) is 5.73 Å². The molecule has 0 aliphatic rings. The standard InChI is InChI=1S/C11H13F2NO/c1-11(2,14)10(15)5-7-3-8(12)6-9(13)4-7/h3-4,6H,5,14H2,1-2H3. The highest BCUT2D eigenvalue weighted by molar-refractivity contribution is 5.89. The maximum absolute atomic E-state index is 12.8. The van der Waals surface area contributed by atoms with Gasteiger partial charge in [-0.1, -0.05) is 0 Å². The number of nitrogens with two attached hydrogens (primary N) is 1. The second-order valence-electron chi connectivity index (χ2n) is 4.10. The maximum Gasteiger partial charge on any atom is 0.156 e. The van der Waals surface area contributed by atoms with Gasteiger partial charge in [0.05, 0.1) is 5.54 Å². The first-order valence-electron chi connectivity index (χ1n) is 4.56. The Balaban J connectivity index is 2.86. The van der Waals surface area contributed by atoms with Crippen LogP contribution >= 0.6 is 0 Å². The van der Waals surface area contributed by atoms with Crippen LogP contribution in [-0.2, 0) is 11.2 Å². The Bertz CT molecular complexity index is 362. The fraction of sp³-hybridized carbons (Fsp3) is 0.364. The third-order valence-corrected chi connectivity index (χ3v) is 2.01. The summed E-state index contributed by atoms with van der Waals surface area (Å²) >= 11 is 0. The Kier molecular flexibility index (Phi) is 3.19. The van der Waals surface area contributed by atoms with E-state index in [9.17, 15) is 13.6 Å². The van der Waals surface area contributed by atoms with E-state index in [0.29, 0.717) is 5.56 Å². The third-order valence-electron chi connectivity index (χ3n) is 2.01. The number of ketones is 1. The van der Waals surface area contributed by atoms with Gasteiger partial charge in [-0.2, -0.15) is 0 Å². The molecule has 0 spiro atoms. The summed E-state index contributed by atoms with van der Waals surface area (Å²) in [6.45, 7) is 3.12. The average molecular weight is 213 g/mol. The van der Waals surface area contributed by atoms with Gasteiger partial charge in [-0.15, -0.1) is 0 Å². The van der Waals surface area contributed by atoms with E-state index in [1.54, 1.807) is 13.8 Å². The summed E-state index contributed by atoms with van der Waals surface area (Å²) < 4.78 is 25.6. The van der Waals surface area contributed by atoms with Gasteiger partial charge in [-0.25, -0.2) is 8.78 Å². The number of rotatable bonds is 3. The molecule has 0 aliphatic heterocycles. The molecular formula is C11H13F2NO. The molecule has 0 saturated carbocycles. The van der Waals surface area contributed by atoms with Gasteiger partial charge in [-0.3, -0.25) is 4.79 Å². The first-order valence-corrected chi connectivity index (χ1v) is 4.56. The molecular weight excluding hydrogens is 200 g/mol. The molecule has 2 nitrogen and oxygen atoms in total. The van der Waals surface area contributed by atoms with Crippen LogP contribution in [0.25, 0.3) is 0 Å². The van der Waals surface area contributed by atoms with Crippen LogP contribution in [0.5, 0.6) is 0 Å². The molecule has 0 unspecified atom stereocenters. The van der Waals surface area contributed by atoms with Crippen LogP contribution in [0, 0.1) is 11.6 Å². The van der Waals surface area contributed by atoms with Gasteiger partial charge in [0.15, 0.2) is 5.78 Å². The Hall–Kier alpha value is -1.29. The summed E-state index contributed by atoms with van der Waals surface area (Å²) in [5.74, 6) is -1.63. The molecule has 4 heteroatoms. The van der Waals surface area contributed by atoms with E-state index in [1.165, 1.54) is 0 Å². The SMILES string of the molecule is CC(C)(N)C(=O)Cc1cc(F)cc(F)c1. The lowest BCUT2D eigenvalue weighted by molar-refractivity contribution is -0.122. The molecule has 1 aromatic rings. The molecule has 1 aromatic carbocycles. The number of carbonyl (C=O) groups is 1. The smallest absolute Gasteiger partial charge is 0.156 e. The molecule has 0 fully saturated rings. The molecule has 0 aromatic heterocycles. The summed E-state index contributed by atoms with van der Waals surface area (Å²) in [6, 6.07) is 3.03. The van der Waals surface area contributed by atoms with Crippen molar-refractivity contribution in [2.24, 2.45) is 5.73 Å². The largest absolute Gasteiger partial charge is 0.319 e. The van der Waals surface area contributed by atoms with Crippen LogP contribution in [0.4, 0.5) is 8.78 Å². The second kappa shape index (κ2) is 4.06. The Labute approximate surface area is 87.1 Å². The second-order valence-corrected chi connectivity index (χ2v) is 4.10. The molecule has 0 saturated heterocycles. The summed E-state index contributed by atoms with van der Waals surface area (Å²) in [6.07, 6.45) is -0.0574. The van der Waals surface area contributed by atoms with Gasteiger partial charge >= 0.3 is 0 Å². The van der Waals surface area contributed by atoms with Gasteiger partial charge in [0.1, 0.15) is 11.6 Å². The minimum absolute atomic E-state index is 0.0574. The van der Waals surface area contributed by atoms with Gasteiger partial charge in [0, 0.05) is 12.5 Å². The molecule has 0 amide bonds. The Morgan fingerprint density at radius 3 is 2.13 bits per heavy atom. The molecule has 0 bridgehead atoms. The van der Waals surface area contributed by atoms with Crippen molar-refractivity contribution in [2.75, 3.05) is 0 Å². The number of hydrogen-bond donors (Lipinski definition) is 1. The molecule has 0 atom stereocenters. The van der Waals surface area contributed by atoms with Crippen molar-refractivity contribution in [2.45, 2.75) is 25.8 Å². The molecule has 1 rings (SSSR count). The van der Waals surface area contributed by atoms with E-state index in [2.05, 4.69) is 0 Å². The van der Waals surface area contributed by atoms with Crippen molar-refractivity contribution in [1.82, 2.24) is 0 Å². The molecule has 2 N–H and O–H groups in total. The maximum atomic E-state index is 12.8. The predicted octanol–water partition coefficient (Wildman–Crippen LogP) is 1.81. The van der Waals surface area contributed by atoms with Crippen molar-refractivity contribution in [3.8, 4) is 0 Å². The van der Waals surface area contributed by atoms with Crippen LogP contribution < -0.4 is 5.73 Å². The Morgan fingerprint density at radius 2 is 1.73 bits per heavy atom. The average Bonchev–Trinajstić information content (AvgIpc) is 1.99. The minimum atomic E-state index is -0.983. The van der Waals surface area contributed by atoms with Crippen LogP contribution in [-0.4, -0.2) is 11.3 Å². The van der Waals surface area contributed by atoms with Gasteiger partial charge in [0.25, 0.3) is 0 Å². The number of benzene rings is 1. The van der Waals surface area contributed by atoms with Crippen molar-refractivity contribution < 1.29 is 13.6 Å². The highest BCUT2D eigenvalue weighted by Crippen LogP contribution is 2.11. The molecule has 0 aliphatic carbocycles. The zero-order valence-corrected chi connectivity index (χ0v) is 8.68. The minimum Gasteiger partial charge on any atom is -0.319 e. The zero-order chi connectivity index (χ0) is 11.6.